The SMILES string of the molecule is COc1cccc(-c2c[nH]c(=O)c(Cl)c2)c1. The monoisotopic (exact) mass is 235 g/mol. The molecule has 2 aromatic rings. The average molecular weight is 236 g/mol. The van der Waals surface area contributed by atoms with Crippen LogP contribution in [0.25, 0.3) is 11.1 Å². The number of pyridine rings is 1. The van der Waals surface area contributed by atoms with Crippen LogP contribution in [0.3, 0.4) is 0 Å². The van der Waals surface area contributed by atoms with Gasteiger partial charge in [-0.1, -0.05) is 23.7 Å². The van der Waals surface area contributed by atoms with Crippen molar-refractivity contribution in [3.63, 3.8) is 0 Å². The molecule has 0 aliphatic rings. The highest BCUT2D eigenvalue weighted by molar-refractivity contribution is 6.30. The van der Waals surface area contributed by atoms with Crippen LogP contribution < -0.4 is 10.3 Å². The maximum atomic E-state index is 11.1. The molecule has 0 aliphatic heterocycles. The number of aromatic amines is 1. The van der Waals surface area contributed by atoms with Gasteiger partial charge in [-0.3, -0.25) is 4.79 Å². The topological polar surface area (TPSA) is 42.1 Å². The molecule has 1 heterocycles. The summed E-state index contributed by atoms with van der Waals surface area (Å²) in [6, 6.07) is 9.18. The highest BCUT2D eigenvalue weighted by Gasteiger charge is 2.02. The molecule has 3 nitrogen and oxygen atoms in total. The Morgan fingerprint density at radius 3 is 2.75 bits per heavy atom. The van der Waals surface area contributed by atoms with Crippen molar-refractivity contribution < 1.29 is 4.74 Å². The summed E-state index contributed by atoms with van der Waals surface area (Å²) in [5.74, 6) is 0.764. The zero-order valence-electron chi connectivity index (χ0n) is 8.66. The summed E-state index contributed by atoms with van der Waals surface area (Å²) >= 11 is 5.76. The summed E-state index contributed by atoms with van der Waals surface area (Å²) in [5.41, 5.74) is 1.51. The summed E-state index contributed by atoms with van der Waals surface area (Å²) in [6.45, 7) is 0. The van der Waals surface area contributed by atoms with Gasteiger partial charge in [0.2, 0.25) is 0 Å². The number of aromatic nitrogens is 1. The van der Waals surface area contributed by atoms with Gasteiger partial charge in [0, 0.05) is 6.20 Å². The molecule has 0 radical (unpaired) electrons. The predicted molar refractivity (Wildman–Crippen MR) is 64.1 cm³/mol. The zero-order valence-corrected chi connectivity index (χ0v) is 9.41. The van der Waals surface area contributed by atoms with E-state index >= 15 is 0 Å². The second kappa shape index (κ2) is 4.41. The lowest BCUT2D eigenvalue weighted by Crippen LogP contribution is -2.04. The van der Waals surface area contributed by atoms with Crippen LogP contribution in [0.15, 0.2) is 41.3 Å². The van der Waals surface area contributed by atoms with Crippen molar-refractivity contribution >= 4 is 11.6 Å². The van der Waals surface area contributed by atoms with Crippen molar-refractivity contribution in [1.29, 1.82) is 0 Å². The molecule has 4 heteroatoms. The Bertz CT molecular complexity index is 563. The molecule has 0 saturated carbocycles. The van der Waals surface area contributed by atoms with Crippen LogP contribution in [0, 0.1) is 0 Å². The third-order valence-corrected chi connectivity index (χ3v) is 2.54. The number of benzene rings is 1. The molecule has 0 spiro atoms. The van der Waals surface area contributed by atoms with Gasteiger partial charge < -0.3 is 9.72 Å². The Morgan fingerprint density at radius 2 is 2.06 bits per heavy atom. The lowest BCUT2D eigenvalue weighted by Gasteiger charge is -2.04. The van der Waals surface area contributed by atoms with Crippen LogP contribution in [-0.4, -0.2) is 12.1 Å². The Hall–Kier alpha value is -1.74. The van der Waals surface area contributed by atoms with Crippen LogP contribution in [-0.2, 0) is 0 Å². The van der Waals surface area contributed by atoms with Crippen LogP contribution in [0.2, 0.25) is 5.02 Å². The summed E-state index contributed by atoms with van der Waals surface area (Å²) in [7, 11) is 1.61. The molecule has 0 fully saturated rings. The second-order valence-electron chi connectivity index (χ2n) is 3.30. The van der Waals surface area contributed by atoms with E-state index in [1.807, 2.05) is 24.3 Å². The number of hydrogen-bond acceptors (Lipinski definition) is 2. The number of halogens is 1. The van der Waals surface area contributed by atoms with Crippen molar-refractivity contribution in [1.82, 2.24) is 4.98 Å². The third kappa shape index (κ3) is 2.09. The molecule has 1 N–H and O–H groups in total. The highest BCUT2D eigenvalue weighted by atomic mass is 35.5. The quantitative estimate of drug-likeness (QED) is 0.870. The van der Waals surface area contributed by atoms with Gasteiger partial charge in [0.1, 0.15) is 10.8 Å². The maximum absolute atomic E-state index is 11.1. The molecular formula is C12H10ClNO2. The van der Waals surface area contributed by atoms with Gasteiger partial charge in [0.25, 0.3) is 5.56 Å². The zero-order chi connectivity index (χ0) is 11.5. The van der Waals surface area contributed by atoms with Crippen molar-refractivity contribution in [2.24, 2.45) is 0 Å². The minimum Gasteiger partial charge on any atom is -0.497 e. The number of hydrogen-bond donors (Lipinski definition) is 1. The van der Waals surface area contributed by atoms with E-state index in [1.165, 1.54) is 0 Å². The second-order valence-corrected chi connectivity index (χ2v) is 3.70. The number of nitrogens with one attached hydrogen (secondary N) is 1. The van der Waals surface area contributed by atoms with E-state index in [2.05, 4.69) is 4.98 Å². The third-order valence-electron chi connectivity index (χ3n) is 2.26. The first-order valence-corrected chi connectivity index (χ1v) is 5.11. The van der Waals surface area contributed by atoms with E-state index in [4.69, 9.17) is 16.3 Å². The van der Waals surface area contributed by atoms with Gasteiger partial charge in [-0.2, -0.15) is 0 Å². The van der Waals surface area contributed by atoms with E-state index < -0.39 is 0 Å². The fraction of sp³-hybridized carbons (Fsp3) is 0.0833. The van der Waals surface area contributed by atoms with Crippen LogP contribution >= 0.6 is 11.6 Å². The smallest absolute Gasteiger partial charge is 0.266 e. The number of methoxy groups -OCH3 is 1. The lowest BCUT2D eigenvalue weighted by molar-refractivity contribution is 0.415. The van der Waals surface area contributed by atoms with Crippen molar-refractivity contribution in [2.75, 3.05) is 7.11 Å². The average Bonchev–Trinajstić information content (AvgIpc) is 2.33. The van der Waals surface area contributed by atoms with Crippen molar-refractivity contribution in [3.05, 3.63) is 51.9 Å². The van der Waals surface area contributed by atoms with Gasteiger partial charge >= 0.3 is 0 Å². The Balaban J connectivity index is 2.50. The Labute approximate surface area is 97.7 Å². The molecular weight excluding hydrogens is 226 g/mol. The van der Waals surface area contributed by atoms with Crippen LogP contribution in [0.4, 0.5) is 0 Å². The Kier molecular flexibility index (Phi) is 2.97. The summed E-state index contributed by atoms with van der Waals surface area (Å²) in [5, 5.41) is 0.181. The fourth-order valence-electron chi connectivity index (χ4n) is 1.43. The van der Waals surface area contributed by atoms with Gasteiger partial charge in [0.05, 0.1) is 7.11 Å². The van der Waals surface area contributed by atoms with E-state index in [1.54, 1.807) is 19.4 Å². The lowest BCUT2D eigenvalue weighted by atomic mass is 10.1. The molecule has 82 valence electrons. The first-order chi connectivity index (χ1) is 7.70. The first kappa shape index (κ1) is 10.8. The van der Waals surface area contributed by atoms with E-state index in [0.29, 0.717) is 0 Å². The molecule has 0 saturated heterocycles. The van der Waals surface area contributed by atoms with Gasteiger partial charge in [-0.15, -0.1) is 0 Å². The molecule has 1 aromatic carbocycles. The standard InChI is InChI=1S/C12H10ClNO2/c1-16-10-4-2-3-8(5-10)9-6-11(13)12(15)14-7-9/h2-7H,1H3,(H,14,15). The van der Waals surface area contributed by atoms with Gasteiger partial charge in [0.15, 0.2) is 0 Å². The van der Waals surface area contributed by atoms with E-state index in [9.17, 15) is 4.79 Å². The molecule has 0 amide bonds. The molecule has 0 aliphatic carbocycles. The minimum atomic E-state index is -0.284. The highest BCUT2D eigenvalue weighted by Crippen LogP contribution is 2.23. The van der Waals surface area contributed by atoms with Crippen molar-refractivity contribution in [3.8, 4) is 16.9 Å². The number of rotatable bonds is 2. The molecule has 0 atom stereocenters. The van der Waals surface area contributed by atoms with E-state index in [-0.39, 0.29) is 10.6 Å². The summed E-state index contributed by atoms with van der Waals surface area (Å²) < 4.78 is 5.13. The first-order valence-electron chi connectivity index (χ1n) is 4.73. The molecule has 0 unspecified atom stereocenters. The van der Waals surface area contributed by atoms with Crippen LogP contribution in [0.5, 0.6) is 5.75 Å². The van der Waals surface area contributed by atoms with Crippen molar-refractivity contribution in [2.45, 2.75) is 0 Å². The maximum Gasteiger partial charge on any atom is 0.266 e. The summed E-state index contributed by atoms with van der Waals surface area (Å²) in [6.07, 6.45) is 1.63. The predicted octanol–water partition coefficient (Wildman–Crippen LogP) is 2.70. The molecule has 16 heavy (non-hydrogen) atoms. The van der Waals surface area contributed by atoms with Gasteiger partial charge in [-0.25, -0.2) is 0 Å². The van der Waals surface area contributed by atoms with Crippen LogP contribution in [0.1, 0.15) is 0 Å². The normalized spacial score (nSPS) is 10.1. The van der Waals surface area contributed by atoms with Gasteiger partial charge in [-0.05, 0) is 29.3 Å². The molecule has 1 aromatic heterocycles. The molecule has 2 rings (SSSR count). The fourth-order valence-corrected chi connectivity index (χ4v) is 1.60. The van der Waals surface area contributed by atoms with E-state index in [0.717, 1.165) is 16.9 Å². The summed E-state index contributed by atoms with van der Waals surface area (Å²) in [4.78, 5) is 13.7. The number of ether oxygens (including phenoxy) is 1. The minimum absolute atomic E-state index is 0.181. The Morgan fingerprint density at radius 1 is 1.25 bits per heavy atom. The molecule has 0 bridgehead atoms. The largest absolute Gasteiger partial charge is 0.497 e. The number of H-pyrrole nitrogens is 1.